The molecule has 0 aliphatic carbocycles. The van der Waals surface area contributed by atoms with E-state index in [1.807, 2.05) is 6.92 Å². The van der Waals surface area contributed by atoms with Crippen molar-refractivity contribution in [2.45, 2.75) is 25.8 Å². The number of pyridine rings is 1. The molecule has 1 aromatic rings. The van der Waals surface area contributed by atoms with Gasteiger partial charge in [-0.15, -0.1) is 0 Å². The second-order valence-corrected chi connectivity index (χ2v) is 4.46. The predicted molar refractivity (Wildman–Crippen MR) is 64.7 cm³/mol. The number of carboxylic acids is 1. The largest absolute Gasteiger partial charge is 0.481 e. The minimum atomic E-state index is -0.913. The summed E-state index contributed by atoms with van der Waals surface area (Å²) < 4.78 is 0. The monoisotopic (exact) mass is 248 g/mol. The van der Waals surface area contributed by atoms with Gasteiger partial charge in [-0.05, 0) is 24.1 Å². The maximum atomic E-state index is 11.9. The summed E-state index contributed by atoms with van der Waals surface area (Å²) in [6.45, 7) is 2.57. The van der Waals surface area contributed by atoms with E-state index in [0.29, 0.717) is 6.54 Å². The molecule has 1 aromatic heterocycles. The molecule has 0 radical (unpaired) electrons. The lowest BCUT2D eigenvalue weighted by molar-refractivity contribution is -0.142. The van der Waals surface area contributed by atoms with Gasteiger partial charge in [-0.2, -0.15) is 0 Å². The fourth-order valence-corrected chi connectivity index (χ4v) is 2.49. The fourth-order valence-electron chi connectivity index (χ4n) is 2.49. The van der Waals surface area contributed by atoms with Gasteiger partial charge in [0.25, 0.3) is 0 Å². The number of likely N-dealkylation sites (tertiary alicyclic amines) is 1. The van der Waals surface area contributed by atoms with Gasteiger partial charge in [-0.25, -0.2) is 0 Å². The molecule has 96 valence electrons. The van der Waals surface area contributed by atoms with Crippen LogP contribution in [-0.2, 0) is 9.59 Å². The van der Waals surface area contributed by atoms with Crippen molar-refractivity contribution in [1.29, 1.82) is 0 Å². The first-order valence-electron chi connectivity index (χ1n) is 6.07. The number of hydrogen-bond donors (Lipinski definition) is 1. The highest BCUT2D eigenvalue weighted by molar-refractivity contribution is 5.87. The molecule has 0 saturated carbocycles. The smallest absolute Gasteiger partial charge is 0.309 e. The molecule has 0 aromatic carbocycles. The fraction of sp³-hybridized carbons (Fsp3) is 0.462. The van der Waals surface area contributed by atoms with E-state index in [1.165, 1.54) is 0 Å². The van der Waals surface area contributed by atoms with Crippen LogP contribution in [0.3, 0.4) is 0 Å². The minimum Gasteiger partial charge on any atom is -0.481 e. The third kappa shape index (κ3) is 2.20. The molecule has 1 aliphatic heterocycles. The second kappa shape index (κ2) is 5.16. The Balaban J connectivity index is 2.36. The van der Waals surface area contributed by atoms with E-state index in [2.05, 4.69) is 4.98 Å². The maximum absolute atomic E-state index is 11.9. The summed E-state index contributed by atoms with van der Waals surface area (Å²) in [4.78, 5) is 28.8. The SMILES string of the molecule is CCCN1C(=O)CC(C(=O)O)C1c1ccncc1. The van der Waals surface area contributed by atoms with Crippen molar-refractivity contribution >= 4 is 11.9 Å². The molecule has 18 heavy (non-hydrogen) atoms. The third-order valence-corrected chi connectivity index (χ3v) is 3.26. The summed E-state index contributed by atoms with van der Waals surface area (Å²) in [7, 11) is 0. The molecule has 2 atom stereocenters. The van der Waals surface area contributed by atoms with Crippen LogP contribution >= 0.6 is 0 Å². The van der Waals surface area contributed by atoms with Crippen LogP contribution in [0.4, 0.5) is 0 Å². The number of carboxylic acid groups (broad SMARTS) is 1. The molecule has 2 rings (SSSR count). The summed E-state index contributed by atoms with van der Waals surface area (Å²) in [5, 5.41) is 9.25. The van der Waals surface area contributed by atoms with E-state index >= 15 is 0 Å². The number of aliphatic carboxylic acids is 1. The first kappa shape index (κ1) is 12.5. The number of carbonyl (C=O) groups excluding carboxylic acids is 1. The molecular weight excluding hydrogens is 232 g/mol. The first-order valence-corrected chi connectivity index (χ1v) is 6.07. The topological polar surface area (TPSA) is 70.5 Å². The lowest BCUT2D eigenvalue weighted by Crippen LogP contribution is -2.31. The number of carbonyl (C=O) groups is 2. The summed E-state index contributed by atoms with van der Waals surface area (Å²) in [5.74, 6) is -1.65. The molecule has 2 unspecified atom stereocenters. The summed E-state index contributed by atoms with van der Waals surface area (Å²) in [6, 6.07) is 3.20. The average Bonchev–Trinajstić information content (AvgIpc) is 2.69. The molecule has 1 saturated heterocycles. The van der Waals surface area contributed by atoms with Crippen molar-refractivity contribution in [1.82, 2.24) is 9.88 Å². The Bertz CT molecular complexity index is 447. The first-order chi connectivity index (χ1) is 8.65. The molecule has 1 N–H and O–H groups in total. The van der Waals surface area contributed by atoms with Crippen LogP contribution in [0, 0.1) is 5.92 Å². The number of amides is 1. The Morgan fingerprint density at radius 2 is 2.17 bits per heavy atom. The quantitative estimate of drug-likeness (QED) is 0.875. The van der Waals surface area contributed by atoms with E-state index in [-0.39, 0.29) is 18.4 Å². The minimum absolute atomic E-state index is 0.0777. The lowest BCUT2D eigenvalue weighted by Gasteiger charge is -2.26. The molecule has 0 bridgehead atoms. The van der Waals surface area contributed by atoms with Gasteiger partial charge in [0, 0.05) is 25.4 Å². The number of nitrogens with zero attached hydrogens (tertiary/aromatic N) is 2. The lowest BCUT2D eigenvalue weighted by atomic mass is 9.94. The van der Waals surface area contributed by atoms with Crippen LogP contribution in [0.2, 0.25) is 0 Å². The van der Waals surface area contributed by atoms with Gasteiger partial charge in [0.15, 0.2) is 0 Å². The van der Waals surface area contributed by atoms with Crippen molar-refractivity contribution < 1.29 is 14.7 Å². The summed E-state index contributed by atoms with van der Waals surface area (Å²) >= 11 is 0. The zero-order valence-corrected chi connectivity index (χ0v) is 10.2. The molecular formula is C13H16N2O3. The Hall–Kier alpha value is -1.91. The highest BCUT2D eigenvalue weighted by Crippen LogP contribution is 2.38. The Morgan fingerprint density at radius 1 is 1.50 bits per heavy atom. The standard InChI is InChI=1S/C13H16N2O3/c1-2-7-15-11(16)8-10(13(17)18)12(15)9-3-5-14-6-4-9/h3-6,10,12H,2,7-8H2,1H3,(H,17,18). The highest BCUT2D eigenvalue weighted by atomic mass is 16.4. The number of rotatable bonds is 4. The van der Waals surface area contributed by atoms with Crippen molar-refractivity contribution in [3.05, 3.63) is 30.1 Å². The zero-order valence-electron chi connectivity index (χ0n) is 10.2. The molecule has 1 aliphatic rings. The maximum Gasteiger partial charge on any atom is 0.309 e. The van der Waals surface area contributed by atoms with E-state index in [0.717, 1.165) is 12.0 Å². The van der Waals surface area contributed by atoms with Crippen molar-refractivity contribution in [3.63, 3.8) is 0 Å². The molecule has 1 amide bonds. The van der Waals surface area contributed by atoms with Crippen LogP contribution in [-0.4, -0.2) is 33.4 Å². The van der Waals surface area contributed by atoms with Crippen LogP contribution in [0.5, 0.6) is 0 Å². The van der Waals surface area contributed by atoms with E-state index in [9.17, 15) is 14.7 Å². The molecule has 1 fully saturated rings. The highest BCUT2D eigenvalue weighted by Gasteiger charge is 2.44. The number of hydrogen-bond acceptors (Lipinski definition) is 3. The van der Waals surface area contributed by atoms with Gasteiger partial charge < -0.3 is 10.0 Å². The summed E-state index contributed by atoms with van der Waals surface area (Å²) in [6.07, 6.45) is 4.16. The van der Waals surface area contributed by atoms with Gasteiger partial charge in [0.2, 0.25) is 5.91 Å². The van der Waals surface area contributed by atoms with Crippen molar-refractivity contribution in [2.24, 2.45) is 5.92 Å². The Labute approximate surface area is 105 Å². The Kier molecular flexibility index (Phi) is 3.60. The second-order valence-electron chi connectivity index (χ2n) is 4.46. The zero-order chi connectivity index (χ0) is 13.1. The van der Waals surface area contributed by atoms with Gasteiger partial charge >= 0.3 is 5.97 Å². The molecule has 0 spiro atoms. The van der Waals surface area contributed by atoms with E-state index in [4.69, 9.17) is 0 Å². The molecule has 5 heteroatoms. The van der Waals surface area contributed by atoms with Crippen LogP contribution < -0.4 is 0 Å². The Morgan fingerprint density at radius 3 is 2.72 bits per heavy atom. The van der Waals surface area contributed by atoms with Crippen LogP contribution in [0.1, 0.15) is 31.4 Å². The van der Waals surface area contributed by atoms with Crippen LogP contribution in [0.15, 0.2) is 24.5 Å². The predicted octanol–water partition coefficient (Wildman–Crippen LogP) is 1.47. The number of aromatic nitrogens is 1. The normalized spacial score (nSPS) is 23.4. The third-order valence-electron chi connectivity index (χ3n) is 3.26. The van der Waals surface area contributed by atoms with Gasteiger partial charge in [0.05, 0.1) is 12.0 Å². The van der Waals surface area contributed by atoms with Crippen LogP contribution in [0.25, 0.3) is 0 Å². The van der Waals surface area contributed by atoms with Gasteiger partial charge in [-0.3, -0.25) is 14.6 Å². The van der Waals surface area contributed by atoms with Gasteiger partial charge in [-0.1, -0.05) is 6.92 Å². The molecule has 5 nitrogen and oxygen atoms in total. The summed E-state index contributed by atoms with van der Waals surface area (Å²) in [5.41, 5.74) is 0.844. The van der Waals surface area contributed by atoms with Crippen molar-refractivity contribution in [3.8, 4) is 0 Å². The van der Waals surface area contributed by atoms with Gasteiger partial charge in [0.1, 0.15) is 0 Å². The molecule has 2 heterocycles. The average molecular weight is 248 g/mol. The van der Waals surface area contributed by atoms with E-state index < -0.39 is 11.9 Å². The van der Waals surface area contributed by atoms with E-state index in [1.54, 1.807) is 29.4 Å². The van der Waals surface area contributed by atoms with Crippen molar-refractivity contribution in [2.75, 3.05) is 6.54 Å².